The molecule has 3 aromatic rings. The summed E-state index contributed by atoms with van der Waals surface area (Å²) in [6, 6.07) is 16.2. The zero-order valence-electron chi connectivity index (χ0n) is 17.6. The van der Waals surface area contributed by atoms with Gasteiger partial charge in [0.25, 0.3) is 0 Å². The lowest BCUT2D eigenvalue weighted by atomic mass is 10.0. The Morgan fingerprint density at radius 3 is 2.50 bits per heavy atom. The molecule has 0 saturated heterocycles. The second-order valence-electron chi connectivity index (χ2n) is 7.10. The number of hydrogen-bond acceptors (Lipinski definition) is 6. The molecule has 0 radical (unpaired) electrons. The smallest absolute Gasteiger partial charge is 0.412 e. The highest BCUT2D eigenvalue weighted by atomic mass is 32.1. The molecule has 7 heteroatoms. The summed E-state index contributed by atoms with van der Waals surface area (Å²) >= 11 is 1.31. The molecule has 156 valence electrons. The van der Waals surface area contributed by atoms with Crippen molar-refractivity contribution in [1.82, 2.24) is 4.98 Å². The van der Waals surface area contributed by atoms with Gasteiger partial charge in [0.1, 0.15) is 10.7 Å². The minimum absolute atomic E-state index is 0.301. The van der Waals surface area contributed by atoms with E-state index in [1.807, 2.05) is 43.3 Å². The molecule has 0 aliphatic carbocycles. The van der Waals surface area contributed by atoms with Crippen LogP contribution in [0.15, 0.2) is 53.6 Å². The summed E-state index contributed by atoms with van der Waals surface area (Å²) in [6.45, 7) is 8.43. The number of thiazole rings is 1. The van der Waals surface area contributed by atoms with Crippen LogP contribution in [-0.4, -0.2) is 23.9 Å². The summed E-state index contributed by atoms with van der Waals surface area (Å²) in [6.07, 6.45) is 1.24. The zero-order valence-corrected chi connectivity index (χ0v) is 18.4. The molecule has 0 spiro atoms. The molecule has 1 amide bonds. The fourth-order valence-electron chi connectivity index (χ4n) is 2.75. The lowest BCUT2D eigenvalue weighted by molar-refractivity contribution is 0.168. The van der Waals surface area contributed by atoms with E-state index < -0.39 is 6.09 Å². The van der Waals surface area contributed by atoms with E-state index in [2.05, 4.69) is 46.8 Å². The van der Waals surface area contributed by atoms with Crippen LogP contribution in [0, 0.1) is 6.92 Å². The molecule has 0 aliphatic rings. The molecule has 1 aromatic heterocycles. The maximum Gasteiger partial charge on any atom is 0.412 e. The Hall–Kier alpha value is -3.19. The Bertz CT molecular complexity index is 1010. The number of hydrogen-bond donors (Lipinski definition) is 2. The van der Waals surface area contributed by atoms with Crippen LogP contribution in [0.5, 0.6) is 0 Å². The van der Waals surface area contributed by atoms with Crippen LogP contribution in [-0.2, 0) is 4.74 Å². The Morgan fingerprint density at radius 2 is 1.87 bits per heavy atom. The highest BCUT2D eigenvalue weighted by molar-refractivity contribution is 7.20. The van der Waals surface area contributed by atoms with Crippen molar-refractivity contribution in [3.05, 3.63) is 65.2 Å². The molecular weight excluding hydrogens is 396 g/mol. The molecule has 30 heavy (non-hydrogen) atoms. The van der Waals surface area contributed by atoms with Crippen molar-refractivity contribution >= 4 is 33.8 Å². The van der Waals surface area contributed by atoms with Gasteiger partial charge in [0, 0.05) is 5.56 Å². The first-order valence-corrected chi connectivity index (χ1v) is 10.7. The number of anilines is 2. The van der Waals surface area contributed by atoms with E-state index in [9.17, 15) is 4.79 Å². The summed E-state index contributed by atoms with van der Waals surface area (Å²) < 4.78 is 5.01. The van der Waals surface area contributed by atoms with Crippen LogP contribution < -0.4 is 10.7 Å². The summed E-state index contributed by atoms with van der Waals surface area (Å²) in [5, 5.41) is 8.25. The average molecular weight is 423 g/mol. The van der Waals surface area contributed by atoms with E-state index in [4.69, 9.17) is 4.74 Å². The Morgan fingerprint density at radius 1 is 1.17 bits per heavy atom. The minimum Gasteiger partial charge on any atom is -0.450 e. The molecule has 0 aliphatic heterocycles. The van der Waals surface area contributed by atoms with Gasteiger partial charge in [-0.1, -0.05) is 79.3 Å². The van der Waals surface area contributed by atoms with E-state index >= 15 is 0 Å². The predicted octanol–water partition coefficient (Wildman–Crippen LogP) is 6.26. The van der Waals surface area contributed by atoms with Gasteiger partial charge >= 0.3 is 6.09 Å². The van der Waals surface area contributed by atoms with Crippen molar-refractivity contribution in [3.63, 3.8) is 0 Å². The van der Waals surface area contributed by atoms with Gasteiger partial charge in [-0.3, -0.25) is 10.7 Å². The fraction of sp³-hybridized carbons (Fsp3) is 0.261. The number of ether oxygens (including phenoxy) is 1. The Labute approximate surface area is 181 Å². The maximum absolute atomic E-state index is 11.9. The summed E-state index contributed by atoms with van der Waals surface area (Å²) in [4.78, 5) is 16.5. The molecule has 0 fully saturated rings. The first-order chi connectivity index (χ1) is 14.5. The third-order valence-electron chi connectivity index (χ3n) is 4.42. The first-order valence-electron chi connectivity index (χ1n) is 9.87. The standard InChI is InChI=1S/C23H26N4O2S/c1-5-29-23(28)26-21-20(19-10-6-16(4)7-11-19)25-22(30-21)27-24-14-17-8-12-18(13-9-17)15(2)3/h6-15H,5H2,1-4H3,(H,25,27)(H,26,28)/b24-14-. The third-order valence-corrected chi connectivity index (χ3v) is 5.30. The molecule has 2 aromatic carbocycles. The van der Waals surface area contributed by atoms with Crippen molar-refractivity contribution in [2.75, 3.05) is 17.3 Å². The van der Waals surface area contributed by atoms with Gasteiger partial charge < -0.3 is 4.74 Å². The van der Waals surface area contributed by atoms with E-state index in [1.165, 1.54) is 16.9 Å². The number of nitrogens with one attached hydrogen (secondary N) is 2. The number of amides is 1. The maximum atomic E-state index is 11.9. The molecule has 2 N–H and O–H groups in total. The van der Waals surface area contributed by atoms with Gasteiger partial charge in [0.05, 0.1) is 12.8 Å². The van der Waals surface area contributed by atoms with Gasteiger partial charge in [0.15, 0.2) is 0 Å². The van der Waals surface area contributed by atoms with E-state index in [0.717, 1.165) is 16.7 Å². The molecule has 6 nitrogen and oxygen atoms in total. The molecule has 1 heterocycles. The Balaban J connectivity index is 1.78. The summed E-state index contributed by atoms with van der Waals surface area (Å²) in [5.41, 5.74) is 7.98. The van der Waals surface area contributed by atoms with Crippen molar-refractivity contribution in [3.8, 4) is 11.3 Å². The summed E-state index contributed by atoms with van der Waals surface area (Å²) in [5.74, 6) is 0.495. The van der Waals surface area contributed by atoms with Gasteiger partial charge in [-0.2, -0.15) is 5.10 Å². The molecule has 0 atom stereocenters. The van der Waals surface area contributed by atoms with E-state index in [0.29, 0.717) is 28.4 Å². The van der Waals surface area contributed by atoms with Crippen LogP contribution in [0.3, 0.4) is 0 Å². The minimum atomic E-state index is -0.505. The predicted molar refractivity (Wildman–Crippen MR) is 125 cm³/mol. The van der Waals surface area contributed by atoms with Gasteiger partial charge in [-0.25, -0.2) is 9.78 Å². The quantitative estimate of drug-likeness (QED) is 0.348. The number of carbonyl (C=O) groups is 1. The van der Waals surface area contributed by atoms with Gasteiger partial charge in [-0.05, 0) is 30.9 Å². The number of hydrazone groups is 1. The highest BCUT2D eigenvalue weighted by Gasteiger charge is 2.16. The lowest BCUT2D eigenvalue weighted by Gasteiger charge is -2.05. The van der Waals surface area contributed by atoms with Gasteiger partial charge in [0.2, 0.25) is 5.13 Å². The zero-order chi connectivity index (χ0) is 21.5. The molecule has 0 saturated carbocycles. The van der Waals surface area contributed by atoms with Crippen molar-refractivity contribution < 1.29 is 9.53 Å². The second-order valence-corrected chi connectivity index (χ2v) is 8.10. The normalized spacial score (nSPS) is 11.1. The van der Waals surface area contributed by atoms with Crippen LogP contribution in [0.25, 0.3) is 11.3 Å². The second kappa shape index (κ2) is 10.0. The molecule has 3 rings (SSSR count). The fourth-order valence-corrected chi connectivity index (χ4v) is 3.57. The van der Waals surface area contributed by atoms with Gasteiger partial charge in [-0.15, -0.1) is 0 Å². The monoisotopic (exact) mass is 422 g/mol. The number of nitrogens with zero attached hydrogens (tertiary/aromatic N) is 2. The van der Waals surface area contributed by atoms with E-state index in [-0.39, 0.29) is 0 Å². The lowest BCUT2D eigenvalue weighted by Crippen LogP contribution is -2.12. The van der Waals surface area contributed by atoms with Crippen LogP contribution in [0.2, 0.25) is 0 Å². The summed E-state index contributed by atoms with van der Waals surface area (Å²) in [7, 11) is 0. The number of rotatable bonds is 7. The third kappa shape index (κ3) is 5.67. The van der Waals surface area contributed by atoms with Crippen LogP contribution in [0.1, 0.15) is 43.4 Å². The molecular formula is C23H26N4O2S. The van der Waals surface area contributed by atoms with Crippen molar-refractivity contribution in [2.45, 2.75) is 33.6 Å². The van der Waals surface area contributed by atoms with Crippen molar-refractivity contribution in [2.24, 2.45) is 5.10 Å². The molecule has 0 unspecified atom stereocenters. The van der Waals surface area contributed by atoms with E-state index in [1.54, 1.807) is 13.1 Å². The molecule has 0 bridgehead atoms. The first kappa shape index (κ1) is 21.5. The highest BCUT2D eigenvalue weighted by Crippen LogP contribution is 2.36. The SMILES string of the molecule is CCOC(=O)Nc1sc(N/N=C\c2ccc(C(C)C)cc2)nc1-c1ccc(C)cc1. The van der Waals surface area contributed by atoms with Crippen LogP contribution in [0.4, 0.5) is 14.9 Å². The number of benzene rings is 2. The largest absolute Gasteiger partial charge is 0.450 e. The average Bonchev–Trinajstić information content (AvgIpc) is 3.11. The Kier molecular flexibility index (Phi) is 7.19. The van der Waals surface area contributed by atoms with Crippen LogP contribution >= 0.6 is 11.3 Å². The van der Waals surface area contributed by atoms with Crippen molar-refractivity contribution in [1.29, 1.82) is 0 Å². The number of carbonyl (C=O) groups excluding carboxylic acids is 1. The number of aryl methyl sites for hydroxylation is 1. The number of aromatic nitrogens is 1. The topological polar surface area (TPSA) is 75.6 Å².